The number of anilines is 1. The van der Waals surface area contributed by atoms with Crippen LogP contribution in [-0.2, 0) is 20.2 Å². The van der Waals surface area contributed by atoms with Gasteiger partial charge in [0.15, 0.2) is 0 Å². The third kappa shape index (κ3) is 7.26. The van der Waals surface area contributed by atoms with Crippen molar-refractivity contribution in [1.29, 1.82) is 0 Å². The molecule has 0 heterocycles. The van der Waals surface area contributed by atoms with Crippen LogP contribution in [0.5, 0.6) is 11.5 Å². The Bertz CT molecular complexity index is 1300. The van der Waals surface area contributed by atoms with E-state index in [-0.39, 0.29) is 23.5 Å². The Morgan fingerprint density at radius 1 is 0.892 bits per heavy atom. The van der Waals surface area contributed by atoms with Gasteiger partial charge in [-0.05, 0) is 55.2 Å². The summed E-state index contributed by atoms with van der Waals surface area (Å²) in [6, 6.07) is 21.2. The van der Waals surface area contributed by atoms with Gasteiger partial charge in [-0.2, -0.15) is 0 Å². The molecule has 0 radical (unpaired) electrons. The first-order valence-corrected chi connectivity index (χ1v) is 13.8. The number of para-hydroxylation sites is 3. The second-order valence-corrected chi connectivity index (χ2v) is 11.5. The van der Waals surface area contributed by atoms with Gasteiger partial charge in [0.25, 0.3) is 10.0 Å². The SMILES string of the molecule is CCOc1ccccc1N(CC(=O)NCCOc1ccccc1C(C)(C)C)S(=O)(=O)c1ccc(C)cc1. The molecule has 0 aliphatic heterocycles. The normalized spacial score (nSPS) is 11.6. The van der Waals surface area contributed by atoms with E-state index in [0.29, 0.717) is 18.0 Å². The van der Waals surface area contributed by atoms with Gasteiger partial charge in [0.1, 0.15) is 24.7 Å². The summed E-state index contributed by atoms with van der Waals surface area (Å²) in [5.41, 5.74) is 2.23. The van der Waals surface area contributed by atoms with Gasteiger partial charge in [-0.1, -0.05) is 68.8 Å². The van der Waals surface area contributed by atoms with Crippen LogP contribution in [0.25, 0.3) is 0 Å². The number of hydrogen-bond acceptors (Lipinski definition) is 5. The third-order valence-corrected chi connectivity index (χ3v) is 7.48. The number of carbonyl (C=O) groups excluding carboxylic acids is 1. The maximum atomic E-state index is 13.6. The van der Waals surface area contributed by atoms with Crippen molar-refractivity contribution >= 4 is 21.6 Å². The van der Waals surface area contributed by atoms with E-state index in [0.717, 1.165) is 21.2 Å². The Morgan fingerprint density at radius 2 is 1.51 bits per heavy atom. The molecular weight excluding hydrogens is 488 g/mol. The predicted octanol–water partition coefficient (Wildman–Crippen LogP) is 5.08. The minimum absolute atomic E-state index is 0.0847. The van der Waals surface area contributed by atoms with Gasteiger partial charge in [-0.3, -0.25) is 9.10 Å². The Hall–Kier alpha value is -3.52. The molecule has 37 heavy (non-hydrogen) atoms. The monoisotopic (exact) mass is 524 g/mol. The van der Waals surface area contributed by atoms with Crippen LogP contribution in [-0.4, -0.2) is 40.6 Å². The number of nitrogens with zero attached hydrogens (tertiary/aromatic N) is 1. The summed E-state index contributed by atoms with van der Waals surface area (Å²) in [5.74, 6) is 0.698. The van der Waals surface area contributed by atoms with Crippen molar-refractivity contribution in [3.8, 4) is 11.5 Å². The summed E-state index contributed by atoms with van der Waals surface area (Å²) in [6.45, 7) is 10.5. The lowest BCUT2D eigenvalue weighted by Gasteiger charge is -2.26. The third-order valence-electron chi connectivity index (χ3n) is 5.71. The van der Waals surface area contributed by atoms with Gasteiger partial charge in [0.2, 0.25) is 5.91 Å². The minimum Gasteiger partial charge on any atom is -0.492 e. The van der Waals surface area contributed by atoms with E-state index >= 15 is 0 Å². The fourth-order valence-electron chi connectivity index (χ4n) is 3.83. The van der Waals surface area contributed by atoms with E-state index in [2.05, 4.69) is 26.1 Å². The molecule has 1 N–H and O–H groups in total. The smallest absolute Gasteiger partial charge is 0.264 e. The highest BCUT2D eigenvalue weighted by Gasteiger charge is 2.29. The van der Waals surface area contributed by atoms with E-state index < -0.39 is 22.5 Å². The minimum atomic E-state index is -4.04. The molecule has 0 aliphatic rings. The Morgan fingerprint density at radius 3 is 2.16 bits per heavy atom. The number of hydrogen-bond donors (Lipinski definition) is 1. The van der Waals surface area contributed by atoms with Crippen molar-refractivity contribution in [1.82, 2.24) is 5.32 Å². The van der Waals surface area contributed by atoms with Crippen LogP contribution in [0.1, 0.15) is 38.8 Å². The molecule has 0 saturated heterocycles. The lowest BCUT2D eigenvalue weighted by Crippen LogP contribution is -2.42. The number of aryl methyl sites for hydroxylation is 1. The Balaban J connectivity index is 1.76. The first kappa shape index (κ1) is 28.1. The molecule has 0 spiro atoms. The Labute approximate surface area is 220 Å². The molecule has 1 amide bonds. The molecule has 0 bridgehead atoms. The van der Waals surface area contributed by atoms with Crippen LogP contribution in [0.3, 0.4) is 0 Å². The molecule has 0 aromatic heterocycles. The molecule has 0 unspecified atom stereocenters. The Kier molecular flexibility index (Phi) is 9.21. The van der Waals surface area contributed by atoms with Crippen LogP contribution < -0.4 is 19.1 Å². The molecule has 3 aromatic carbocycles. The quantitative estimate of drug-likeness (QED) is 0.354. The molecule has 8 heteroatoms. The highest BCUT2D eigenvalue weighted by molar-refractivity contribution is 7.92. The van der Waals surface area contributed by atoms with Crippen LogP contribution >= 0.6 is 0 Å². The van der Waals surface area contributed by atoms with Gasteiger partial charge in [-0.15, -0.1) is 0 Å². The number of benzene rings is 3. The lowest BCUT2D eigenvalue weighted by molar-refractivity contribution is -0.119. The van der Waals surface area contributed by atoms with Gasteiger partial charge in [0, 0.05) is 0 Å². The summed E-state index contributed by atoms with van der Waals surface area (Å²) >= 11 is 0. The van der Waals surface area contributed by atoms with Crippen LogP contribution in [0.2, 0.25) is 0 Å². The van der Waals surface area contributed by atoms with Gasteiger partial charge < -0.3 is 14.8 Å². The number of amides is 1. The number of nitrogens with one attached hydrogen (secondary N) is 1. The summed E-state index contributed by atoms with van der Waals surface area (Å²) in [4.78, 5) is 13.0. The van der Waals surface area contributed by atoms with Gasteiger partial charge in [0.05, 0.1) is 23.7 Å². The maximum Gasteiger partial charge on any atom is 0.264 e. The highest BCUT2D eigenvalue weighted by atomic mass is 32.2. The zero-order valence-electron chi connectivity index (χ0n) is 22.2. The van der Waals surface area contributed by atoms with Crippen molar-refractivity contribution in [3.63, 3.8) is 0 Å². The fourth-order valence-corrected chi connectivity index (χ4v) is 5.26. The van der Waals surface area contributed by atoms with Crippen molar-refractivity contribution in [2.24, 2.45) is 0 Å². The second-order valence-electron chi connectivity index (χ2n) is 9.67. The maximum absolute atomic E-state index is 13.6. The standard InChI is InChI=1S/C29H36N2O5S/c1-6-35-27-14-10-8-12-25(27)31(37(33,34)23-17-15-22(2)16-18-23)21-28(32)30-19-20-36-26-13-9-7-11-24(26)29(3,4)5/h7-18H,6,19-21H2,1-5H3,(H,30,32). The molecule has 3 rings (SSSR count). The zero-order chi connectivity index (χ0) is 27.1. The van der Waals surface area contributed by atoms with Crippen LogP contribution in [0.4, 0.5) is 5.69 Å². The van der Waals surface area contributed by atoms with E-state index in [9.17, 15) is 13.2 Å². The fraction of sp³-hybridized carbons (Fsp3) is 0.345. The molecule has 0 atom stereocenters. The van der Waals surface area contributed by atoms with Crippen molar-refractivity contribution in [2.75, 3.05) is 30.6 Å². The molecule has 0 aliphatic carbocycles. The second kappa shape index (κ2) is 12.1. The van der Waals surface area contributed by atoms with Crippen LogP contribution in [0.15, 0.2) is 77.7 Å². The van der Waals surface area contributed by atoms with E-state index in [4.69, 9.17) is 9.47 Å². The number of ether oxygens (including phenoxy) is 2. The summed E-state index contributed by atoms with van der Waals surface area (Å²) in [7, 11) is -4.04. The topological polar surface area (TPSA) is 84.9 Å². The van der Waals surface area contributed by atoms with Crippen molar-refractivity contribution in [2.45, 2.75) is 44.9 Å². The molecule has 3 aromatic rings. The molecule has 198 valence electrons. The average molecular weight is 525 g/mol. The molecular formula is C29H36N2O5S. The van der Waals surface area contributed by atoms with E-state index in [1.54, 1.807) is 48.5 Å². The molecule has 0 fully saturated rings. The van der Waals surface area contributed by atoms with Gasteiger partial charge >= 0.3 is 0 Å². The number of rotatable bonds is 11. The molecule has 0 saturated carbocycles. The average Bonchev–Trinajstić information content (AvgIpc) is 2.86. The number of carbonyl (C=O) groups is 1. The van der Waals surface area contributed by atoms with Gasteiger partial charge in [-0.25, -0.2) is 8.42 Å². The summed E-state index contributed by atoms with van der Waals surface area (Å²) in [5, 5.41) is 2.78. The largest absolute Gasteiger partial charge is 0.492 e. The molecule has 7 nitrogen and oxygen atoms in total. The zero-order valence-corrected chi connectivity index (χ0v) is 23.0. The summed E-state index contributed by atoms with van der Waals surface area (Å²) in [6.07, 6.45) is 0. The highest BCUT2D eigenvalue weighted by Crippen LogP contribution is 2.33. The van der Waals surface area contributed by atoms with E-state index in [1.807, 2.05) is 38.1 Å². The lowest BCUT2D eigenvalue weighted by atomic mass is 9.86. The van der Waals surface area contributed by atoms with Crippen molar-refractivity contribution in [3.05, 3.63) is 83.9 Å². The number of sulfonamides is 1. The predicted molar refractivity (Wildman–Crippen MR) is 147 cm³/mol. The van der Waals surface area contributed by atoms with Crippen LogP contribution in [0, 0.1) is 6.92 Å². The van der Waals surface area contributed by atoms with E-state index in [1.165, 1.54) is 0 Å². The first-order chi connectivity index (χ1) is 17.5. The summed E-state index contributed by atoms with van der Waals surface area (Å²) < 4.78 is 40.0. The first-order valence-electron chi connectivity index (χ1n) is 12.3. The van der Waals surface area contributed by atoms with Crippen molar-refractivity contribution < 1.29 is 22.7 Å².